The molecule has 1 saturated heterocycles. The molecular weight excluding hydrogens is 426 g/mol. The average molecular weight is 462 g/mol. The Morgan fingerprint density at radius 3 is 2.59 bits per heavy atom. The Morgan fingerprint density at radius 2 is 2.00 bits per heavy atom. The second kappa shape index (κ2) is 12.8. The lowest BCUT2D eigenvalue weighted by Crippen LogP contribution is -2.41. The number of likely N-dealkylation sites (tertiary alicyclic amines) is 1. The highest BCUT2D eigenvalue weighted by Crippen LogP contribution is 2.31. The van der Waals surface area contributed by atoms with Crippen LogP contribution in [0.4, 0.5) is 0 Å². The van der Waals surface area contributed by atoms with Gasteiger partial charge in [-0.1, -0.05) is 26.0 Å². The number of halogens is 1. The fourth-order valence-electron chi connectivity index (χ4n) is 4.35. The zero-order valence-electron chi connectivity index (χ0n) is 19.3. The van der Waals surface area contributed by atoms with Gasteiger partial charge < -0.3 is 15.2 Å². The molecule has 6 nitrogen and oxygen atoms in total. The number of aliphatic hydroxyl groups excluding tert-OH is 1. The van der Waals surface area contributed by atoms with E-state index in [0.29, 0.717) is 18.3 Å². The minimum atomic E-state index is -0.0448. The van der Waals surface area contributed by atoms with E-state index >= 15 is 0 Å². The van der Waals surface area contributed by atoms with Gasteiger partial charge in [0.25, 0.3) is 0 Å². The van der Waals surface area contributed by atoms with E-state index < -0.39 is 0 Å². The number of aliphatic hydroxyl groups is 1. The predicted octanol–water partition coefficient (Wildman–Crippen LogP) is 4.12. The lowest BCUT2D eigenvalue weighted by molar-refractivity contribution is -0.123. The van der Waals surface area contributed by atoms with Crippen molar-refractivity contribution in [1.29, 1.82) is 0 Å². The van der Waals surface area contributed by atoms with Crippen LogP contribution in [0.15, 0.2) is 42.6 Å². The van der Waals surface area contributed by atoms with Crippen molar-refractivity contribution in [3.63, 3.8) is 0 Å². The molecule has 2 heterocycles. The third kappa shape index (κ3) is 7.19. The van der Waals surface area contributed by atoms with E-state index in [9.17, 15) is 9.90 Å². The molecule has 1 aliphatic heterocycles. The molecule has 0 saturated carbocycles. The summed E-state index contributed by atoms with van der Waals surface area (Å²) >= 11 is 0. The summed E-state index contributed by atoms with van der Waals surface area (Å²) < 4.78 is 5.31. The first kappa shape index (κ1) is 26.1. The van der Waals surface area contributed by atoms with Crippen LogP contribution in [0.5, 0.6) is 5.75 Å². The maximum Gasteiger partial charge on any atom is 0.220 e. The molecule has 0 aliphatic carbocycles. The maximum absolute atomic E-state index is 12.5. The van der Waals surface area contributed by atoms with E-state index in [1.807, 2.05) is 30.3 Å². The molecule has 1 amide bonds. The number of amides is 1. The van der Waals surface area contributed by atoms with Crippen molar-refractivity contribution in [2.75, 3.05) is 20.2 Å². The molecular formula is C25H36ClN3O3. The number of ether oxygens (including phenoxy) is 1. The number of rotatable bonds is 9. The number of carbonyl (C=O) groups excluding carboxylic acids is 1. The van der Waals surface area contributed by atoms with E-state index in [1.54, 1.807) is 13.3 Å². The Morgan fingerprint density at radius 1 is 1.25 bits per heavy atom. The molecule has 3 rings (SSSR count). The second-order valence-electron chi connectivity index (χ2n) is 8.82. The first-order valence-corrected chi connectivity index (χ1v) is 11.2. The monoisotopic (exact) mass is 461 g/mol. The van der Waals surface area contributed by atoms with Crippen LogP contribution in [0, 0.1) is 11.8 Å². The number of hydrogen-bond donors (Lipinski definition) is 2. The summed E-state index contributed by atoms with van der Waals surface area (Å²) in [6.45, 7) is 6.88. The summed E-state index contributed by atoms with van der Waals surface area (Å²) in [4.78, 5) is 19.5. The van der Waals surface area contributed by atoms with Crippen molar-refractivity contribution in [3.8, 4) is 5.75 Å². The van der Waals surface area contributed by atoms with Gasteiger partial charge in [0, 0.05) is 24.7 Å². The van der Waals surface area contributed by atoms with Crippen molar-refractivity contribution in [1.82, 2.24) is 15.2 Å². The molecule has 1 unspecified atom stereocenters. The normalized spacial score (nSPS) is 15.8. The average Bonchev–Trinajstić information content (AvgIpc) is 2.78. The number of carbonyl (C=O) groups is 1. The number of nitrogens with one attached hydrogen (secondary N) is 1. The first-order valence-electron chi connectivity index (χ1n) is 11.2. The van der Waals surface area contributed by atoms with Crippen LogP contribution in [0.1, 0.15) is 56.0 Å². The predicted molar refractivity (Wildman–Crippen MR) is 129 cm³/mol. The van der Waals surface area contributed by atoms with E-state index in [1.165, 1.54) is 5.56 Å². The molecule has 0 bridgehead atoms. The molecule has 1 aromatic carbocycles. The molecule has 1 atom stereocenters. The minimum absolute atomic E-state index is 0. The number of pyridine rings is 1. The largest absolute Gasteiger partial charge is 0.496 e. The topological polar surface area (TPSA) is 74.7 Å². The van der Waals surface area contributed by atoms with Crippen LogP contribution in [-0.2, 0) is 17.9 Å². The number of piperidine rings is 1. The molecule has 1 aliphatic rings. The fourth-order valence-corrected chi connectivity index (χ4v) is 4.35. The number of benzene rings is 1. The Balaban J connectivity index is 0.00000363. The SMILES string of the molecule is COc1ccc(CN2CCC(C(NC(=O)CC(C)C)c3ccccn3)CC2)cc1CO.Cl. The van der Waals surface area contributed by atoms with Crippen LogP contribution in [0.25, 0.3) is 0 Å². The maximum atomic E-state index is 12.5. The summed E-state index contributed by atoms with van der Waals surface area (Å²) in [5.74, 6) is 1.52. The number of hydrogen-bond acceptors (Lipinski definition) is 5. The third-order valence-electron chi connectivity index (χ3n) is 5.94. The van der Waals surface area contributed by atoms with Gasteiger partial charge in [0.1, 0.15) is 5.75 Å². The molecule has 7 heteroatoms. The van der Waals surface area contributed by atoms with Gasteiger partial charge in [0.15, 0.2) is 0 Å². The first-order chi connectivity index (χ1) is 15.0. The number of nitrogens with zero attached hydrogens (tertiary/aromatic N) is 2. The van der Waals surface area contributed by atoms with Crippen LogP contribution in [-0.4, -0.2) is 41.1 Å². The quantitative estimate of drug-likeness (QED) is 0.587. The van der Waals surface area contributed by atoms with Gasteiger partial charge in [-0.3, -0.25) is 14.7 Å². The minimum Gasteiger partial charge on any atom is -0.496 e. The van der Waals surface area contributed by atoms with E-state index in [2.05, 4.69) is 35.1 Å². The summed E-state index contributed by atoms with van der Waals surface area (Å²) in [5, 5.41) is 12.8. The second-order valence-corrected chi connectivity index (χ2v) is 8.82. The molecule has 1 aromatic heterocycles. The summed E-state index contributed by atoms with van der Waals surface area (Å²) in [6, 6.07) is 11.9. The fraction of sp³-hybridized carbons (Fsp3) is 0.520. The van der Waals surface area contributed by atoms with E-state index in [-0.39, 0.29) is 31.0 Å². The Hall–Kier alpha value is -2.15. The zero-order valence-corrected chi connectivity index (χ0v) is 20.1. The summed E-state index contributed by atoms with van der Waals surface area (Å²) in [7, 11) is 1.62. The highest BCUT2D eigenvalue weighted by atomic mass is 35.5. The van der Waals surface area contributed by atoms with Gasteiger partial charge in [0.05, 0.1) is 25.5 Å². The molecule has 0 spiro atoms. The highest BCUT2D eigenvalue weighted by molar-refractivity contribution is 5.85. The van der Waals surface area contributed by atoms with Crippen LogP contribution >= 0.6 is 12.4 Å². The molecule has 2 N–H and O–H groups in total. The van der Waals surface area contributed by atoms with Gasteiger partial charge in [-0.15, -0.1) is 12.4 Å². The van der Waals surface area contributed by atoms with Crippen LogP contribution in [0.3, 0.4) is 0 Å². The van der Waals surface area contributed by atoms with Gasteiger partial charge in [-0.05, 0) is 67.6 Å². The van der Waals surface area contributed by atoms with Crippen molar-refractivity contribution in [2.24, 2.45) is 11.8 Å². The number of methoxy groups -OCH3 is 1. The van der Waals surface area contributed by atoms with E-state index in [4.69, 9.17) is 4.74 Å². The number of aromatic nitrogens is 1. The zero-order chi connectivity index (χ0) is 22.2. The third-order valence-corrected chi connectivity index (χ3v) is 5.94. The molecule has 32 heavy (non-hydrogen) atoms. The van der Waals surface area contributed by atoms with E-state index in [0.717, 1.165) is 49.5 Å². The molecule has 1 fully saturated rings. The molecule has 176 valence electrons. The van der Waals surface area contributed by atoms with Gasteiger partial charge in [0.2, 0.25) is 5.91 Å². The Kier molecular flexibility index (Phi) is 10.4. The summed E-state index contributed by atoms with van der Waals surface area (Å²) in [5.41, 5.74) is 2.94. The highest BCUT2D eigenvalue weighted by Gasteiger charge is 2.30. The van der Waals surface area contributed by atoms with Crippen molar-refractivity contribution >= 4 is 18.3 Å². The van der Waals surface area contributed by atoms with Crippen molar-refractivity contribution < 1.29 is 14.6 Å². The van der Waals surface area contributed by atoms with Crippen LogP contribution < -0.4 is 10.1 Å². The van der Waals surface area contributed by atoms with Crippen molar-refractivity contribution in [2.45, 2.75) is 52.3 Å². The lowest BCUT2D eigenvalue weighted by Gasteiger charge is -2.36. The van der Waals surface area contributed by atoms with Gasteiger partial charge >= 0.3 is 0 Å². The van der Waals surface area contributed by atoms with Gasteiger partial charge in [-0.2, -0.15) is 0 Å². The Bertz CT molecular complexity index is 840. The van der Waals surface area contributed by atoms with Gasteiger partial charge in [-0.25, -0.2) is 0 Å². The lowest BCUT2D eigenvalue weighted by atomic mass is 9.87. The van der Waals surface area contributed by atoms with Crippen molar-refractivity contribution in [3.05, 3.63) is 59.4 Å². The van der Waals surface area contributed by atoms with Crippen LogP contribution in [0.2, 0.25) is 0 Å². The summed E-state index contributed by atoms with van der Waals surface area (Å²) in [6.07, 6.45) is 4.35. The molecule has 0 radical (unpaired) electrons. The standard InChI is InChI=1S/C25H35N3O3.ClH/c1-18(2)14-24(30)27-25(22-6-4-5-11-26-22)20-9-12-28(13-10-20)16-19-7-8-23(31-3)21(15-19)17-29;/h4-8,11,15,18,20,25,29H,9-10,12-14,16-17H2,1-3H3,(H,27,30);1H. The molecule has 2 aromatic rings. The smallest absolute Gasteiger partial charge is 0.220 e. The Labute approximate surface area is 197 Å².